The van der Waals surface area contributed by atoms with Crippen molar-refractivity contribution in [2.75, 3.05) is 31.1 Å². The van der Waals surface area contributed by atoms with Crippen LogP contribution in [0.5, 0.6) is 0 Å². The molecule has 1 aliphatic rings. The van der Waals surface area contributed by atoms with Crippen molar-refractivity contribution in [3.05, 3.63) is 45.8 Å². The van der Waals surface area contributed by atoms with Gasteiger partial charge in [0, 0.05) is 50.1 Å². The molecule has 3 rings (SSSR count). The lowest BCUT2D eigenvalue weighted by molar-refractivity contribution is -0.137. The molecular formula is C20H22F3N3O2S. The summed E-state index contributed by atoms with van der Waals surface area (Å²) in [6.07, 6.45) is -2.55. The summed E-state index contributed by atoms with van der Waals surface area (Å²) in [5, 5.41) is 0. The Morgan fingerprint density at radius 1 is 1.07 bits per heavy atom. The highest BCUT2D eigenvalue weighted by Gasteiger charge is 2.31. The number of hydrogen-bond acceptors (Lipinski definition) is 5. The van der Waals surface area contributed by atoms with Crippen molar-refractivity contribution < 1.29 is 22.8 Å². The van der Waals surface area contributed by atoms with E-state index in [9.17, 15) is 22.8 Å². The van der Waals surface area contributed by atoms with Gasteiger partial charge in [-0.05, 0) is 37.6 Å². The van der Waals surface area contributed by atoms with E-state index in [4.69, 9.17) is 0 Å². The molecule has 0 aliphatic carbocycles. The van der Waals surface area contributed by atoms with Gasteiger partial charge < -0.3 is 9.80 Å². The third-order valence-electron chi connectivity index (χ3n) is 4.83. The number of carbonyl (C=O) groups is 2. The number of ketones is 1. The van der Waals surface area contributed by atoms with Gasteiger partial charge >= 0.3 is 6.18 Å². The van der Waals surface area contributed by atoms with E-state index in [1.165, 1.54) is 17.4 Å². The molecular weight excluding hydrogens is 403 g/mol. The summed E-state index contributed by atoms with van der Waals surface area (Å²) < 4.78 is 38.1. The molecule has 2 aromatic heterocycles. The van der Waals surface area contributed by atoms with Gasteiger partial charge in [0.1, 0.15) is 5.82 Å². The van der Waals surface area contributed by atoms with Crippen molar-refractivity contribution in [1.29, 1.82) is 0 Å². The Bertz CT molecular complexity index is 865. The summed E-state index contributed by atoms with van der Waals surface area (Å²) in [6, 6.07) is 6.06. The summed E-state index contributed by atoms with van der Waals surface area (Å²) in [7, 11) is 0. The predicted molar refractivity (Wildman–Crippen MR) is 105 cm³/mol. The molecule has 0 aromatic carbocycles. The van der Waals surface area contributed by atoms with Gasteiger partial charge in [0.15, 0.2) is 5.78 Å². The van der Waals surface area contributed by atoms with Crippen LogP contribution in [-0.4, -0.2) is 47.8 Å². The van der Waals surface area contributed by atoms with Crippen LogP contribution < -0.4 is 4.90 Å². The molecule has 3 heterocycles. The quantitative estimate of drug-likeness (QED) is 0.675. The fraction of sp³-hybridized carbons (Fsp3) is 0.450. The molecule has 0 saturated carbocycles. The number of amides is 1. The van der Waals surface area contributed by atoms with Crippen LogP contribution in [0.25, 0.3) is 0 Å². The minimum atomic E-state index is -4.41. The molecule has 1 amide bonds. The van der Waals surface area contributed by atoms with Crippen molar-refractivity contribution in [2.45, 2.75) is 32.4 Å². The molecule has 9 heteroatoms. The fourth-order valence-electron chi connectivity index (χ4n) is 3.22. The van der Waals surface area contributed by atoms with E-state index >= 15 is 0 Å². The minimum absolute atomic E-state index is 0.0261. The first kappa shape index (κ1) is 21.3. The Balaban J connectivity index is 1.52. The van der Waals surface area contributed by atoms with Crippen LogP contribution in [0, 0.1) is 6.92 Å². The second-order valence-corrected chi connectivity index (χ2v) is 8.25. The van der Waals surface area contributed by atoms with Crippen LogP contribution >= 0.6 is 11.3 Å². The van der Waals surface area contributed by atoms with E-state index in [-0.39, 0.29) is 24.5 Å². The number of rotatable bonds is 5. The maximum atomic E-state index is 12.7. The van der Waals surface area contributed by atoms with Crippen molar-refractivity contribution >= 4 is 28.8 Å². The third-order valence-corrected chi connectivity index (χ3v) is 5.87. The van der Waals surface area contributed by atoms with Gasteiger partial charge in [-0.25, -0.2) is 4.98 Å². The molecule has 156 valence electrons. The highest BCUT2D eigenvalue weighted by Crippen LogP contribution is 2.29. The van der Waals surface area contributed by atoms with E-state index in [2.05, 4.69) is 4.98 Å². The summed E-state index contributed by atoms with van der Waals surface area (Å²) >= 11 is 1.43. The summed E-state index contributed by atoms with van der Waals surface area (Å²) in [5.41, 5.74) is -0.779. The van der Waals surface area contributed by atoms with Gasteiger partial charge in [-0.15, -0.1) is 11.3 Å². The van der Waals surface area contributed by atoms with Crippen molar-refractivity contribution in [3.8, 4) is 0 Å². The molecule has 29 heavy (non-hydrogen) atoms. The molecule has 1 fully saturated rings. The highest BCUT2D eigenvalue weighted by atomic mass is 32.1. The zero-order chi connectivity index (χ0) is 21.0. The number of anilines is 1. The summed E-state index contributed by atoms with van der Waals surface area (Å²) in [6.45, 7) is 4.04. The standard InChI is InChI=1S/C20H22F3N3O2S/c1-14-3-6-17(29-14)16(27)5-8-19(28)26-10-2-9-25(11-12-26)18-7-4-15(13-24-18)20(21,22)23/h3-4,6-7,13H,2,5,8-12H2,1H3. The number of halogens is 3. The summed E-state index contributed by atoms with van der Waals surface area (Å²) in [4.78, 5) is 34.0. The lowest BCUT2D eigenvalue weighted by atomic mass is 10.1. The molecule has 0 N–H and O–H groups in total. The van der Waals surface area contributed by atoms with Gasteiger partial charge in [-0.3, -0.25) is 9.59 Å². The van der Waals surface area contributed by atoms with Crippen LogP contribution in [0.15, 0.2) is 30.5 Å². The van der Waals surface area contributed by atoms with Crippen molar-refractivity contribution in [3.63, 3.8) is 0 Å². The molecule has 0 unspecified atom stereocenters. The Labute approximate surface area is 171 Å². The SMILES string of the molecule is Cc1ccc(C(=O)CCC(=O)N2CCCN(c3ccc(C(F)(F)F)cn3)CC2)s1. The van der Waals surface area contributed by atoms with E-state index in [0.29, 0.717) is 43.3 Å². The lowest BCUT2D eigenvalue weighted by Crippen LogP contribution is -2.35. The smallest absolute Gasteiger partial charge is 0.355 e. The van der Waals surface area contributed by atoms with Gasteiger partial charge in [0.25, 0.3) is 0 Å². The van der Waals surface area contributed by atoms with Gasteiger partial charge in [-0.1, -0.05) is 0 Å². The molecule has 1 saturated heterocycles. The van der Waals surface area contributed by atoms with Crippen molar-refractivity contribution in [1.82, 2.24) is 9.88 Å². The second-order valence-electron chi connectivity index (χ2n) is 6.96. The number of aromatic nitrogens is 1. The molecule has 2 aromatic rings. The monoisotopic (exact) mass is 425 g/mol. The number of alkyl halides is 3. The average Bonchev–Trinajstić information content (AvgIpc) is 2.97. The first-order valence-corrected chi connectivity index (χ1v) is 10.2. The zero-order valence-electron chi connectivity index (χ0n) is 16.0. The second kappa shape index (κ2) is 8.94. The number of thiophene rings is 1. The number of hydrogen-bond donors (Lipinski definition) is 0. The third kappa shape index (κ3) is 5.56. The molecule has 0 radical (unpaired) electrons. The molecule has 0 atom stereocenters. The predicted octanol–water partition coefficient (Wildman–Crippen LogP) is 4.17. The number of nitrogens with zero attached hydrogens (tertiary/aromatic N) is 3. The Hall–Kier alpha value is -2.42. The molecule has 5 nitrogen and oxygen atoms in total. The number of pyridine rings is 1. The van der Waals surface area contributed by atoms with Crippen LogP contribution in [0.1, 0.15) is 39.4 Å². The van der Waals surface area contributed by atoms with E-state index < -0.39 is 11.7 Å². The molecule has 1 aliphatic heterocycles. The maximum Gasteiger partial charge on any atom is 0.417 e. The summed E-state index contributed by atoms with van der Waals surface area (Å²) in [5.74, 6) is 0.367. The average molecular weight is 425 g/mol. The first-order chi connectivity index (χ1) is 13.7. The Morgan fingerprint density at radius 3 is 2.48 bits per heavy atom. The van der Waals surface area contributed by atoms with Gasteiger partial charge in [-0.2, -0.15) is 13.2 Å². The zero-order valence-corrected chi connectivity index (χ0v) is 16.9. The lowest BCUT2D eigenvalue weighted by Gasteiger charge is -2.23. The number of carbonyl (C=O) groups excluding carboxylic acids is 2. The number of Topliss-reactive ketones (excluding diaryl/α,β-unsaturated/α-hetero) is 1. The normalized spacial score (nSPS) is 15.3. The number of aryl methyl sites for hydroxylation is 1. The maximum absolute atomic E-state index is 12.7. The Kier molecular flexibility index (Phi) is 6.56. The largest absolute Gasteiger partial charge is 0.417 e. The van der Waals surface area contributed by atoms with E-state index in [1.807, 2.05) is 17.9 Å². The topological polar surface area (TPSA) is 53.5 Å². The van der Waals surface area contributed by atoms with Crippen LogP contribution in [-0.2, 0) is 11.0 Å². The van der Waals surface area contributed by atoms with Crippen LogP contribution in [0.4, 0.5) is 19.0 Å². The minimum Gasteiger partial charge on any atom is -0.355 e. The fourth-order valence-corrected chi connectivity index (χ4v) is 4.06. The van der Waals surface area contributed by atoms with Gasteiger partial charge in [0.2, 0.25) is 5.91 Å². The van der Waals surface area contributed by atoms with E-state index in [0.717, 1.165) is 17.1 Å². The van der Waals surface area contributed by atoms with Crippen LogP contribution in [0.3, 0.4) is 0 Å². The molecule has 0 bridgehead atoms. The molecule has 0 spiro atoms. The van der Waals surface area contributed by atoms with E-state index in [1.54, 1.807) is 11.0 Å². The highest BCUT2D eigenvalue weighted by molar-refractivity contribution is 7.14. The van der Waals surface area contributed by atoms with Crippen molar-refractivity contribution in [2.24, 2.45) is 0 Å². The van der Waals surface area contributed by atoms with Gasteiger partial charge in [0.05, 0.1) is 10.4 Å². The Morgan fingerprint density at radius 2 is 1.86 bits per heavy atom. The van der Waals surface area contributed by atoms with Crippen LogP contribution in [0.2, 0.25) is 0 Å². The first-order valence-electron chi connectivity index (χ1n) is 9.39.